The van der Waals surface area contributed by atoms with Crippen LogP contribution in [-0.2, 0) is 16.1 Å². The number of carbonyl (C=O) groups is 2. The van der Waals surface area contributed by atoms with Crippen LogP contribution in [0, 0.1) is 5.92 Å². The summed E-state index contributed by atoms with van der Waals surface area (Å²) in [7, 11) is 0. The molecule has 0 saturated heterocycles. The van der Waals surface area contributed by atoms with Gasteiger partial charge < -0.3 is 15.1 Å². The molecule has 0 fully saturated rings. The van der Waals surface area contributed by atoms with Gasteiger partial charge >= 0.3 is 0 Å². The van der Waals surface area contributed by atoms with Crippen molar-refractivity contribution in [1.82, 2.24) is 10.6 Å². The fourth-order valence-electron chi connectivity index (χ4n) is 2.20. The van der Waals surface area contributed by atoms with Crippen molar-refractivity contribution in [2.24, 2.45) is 5.92 Å². The van der Waals surface area contributed by atoms with Crippen LogP contribution in [0.4, 0.5) is 0 Å². The van der Waals surface area contributed by atoms with Crippen LogP contribution in [0.1, 0.15) is 58.1 Å². The fraction of sp³-hybridized carbons (Fsp3) is 0.647. The van der Waals surface area contributed by atoms with E-state index in [0.29, 0.717) is 24.8 Å². The van der Waals surface area contributed by atoms with Gasteiger partial charge in [-0.2, -0.15) is 0 Å². The molecule has 124 valence electrons. The summed E-state index contributed by atoms with van der Waals surface area (Å²) in [5.41, 5.74) is 0. The maximum absolute atomic E-state index is 11.8. The number of amides is 2. The van der Waals surface area contributed by atoms with Crippen molar-refractivity contribution < 1.29 is 14.0 Å². The van der Waals surface area contributed by atoms with E-state index in [1.165, 1.54) is 12.8 Å². The van der Waals surface area contributed by atoms with E-state index in [2.05, 4.69) is 24.5 Å². The minimum absolute atomic E-state index is 0.0527. The summed E-state index contributed by atoms with van der Waals surface area (Å²) in [6.45, 7) is 5.40. The Morgan fingerprint density at radius 2 is 1.91 bits per heavy atom. The van der Waals surface area contributed by atoms with Gasteiger partial charge in [-0.3, -0.25) is 9.59 Å². The lowest BCUT2D eigenvalue weighted by Gasteiger charge is -2.15. The molecule has 0 bridgehead atoms. The number of rotatable bonds is 11. The molecule has 2 N–H and O–H groups in total. The summed E-state index contributed by atoms with van der Waals surface area (Å²) >= 11 is 0. The average Bonchev–Trinajstić information content (AvgIpc) is 3.04. The predicted octanol–water partition coefficient (Wildman–Crippen LogP) is 3.01. The molecule has 0 aliphatic rings. The minimum Gasteiger partial charge on any atom is -0.467 e. The van der Waals surface area contributed by atoms with E-state index in [1.54, 1.807) is 18.4 Å². The first-order chi connectivity index (χ1) is 10.7. The van der Waals surface area contributed by atoms with Crippen molar-refractivity contribution in [2.45, 2.75) is 58.9 Å². The van der Waals surface area contributed by atoms with Crippen molar-refractivity contribution >= 4 is 11.8 Å². The molecule has 0 radical (unpaired) electrons. The van der Waals surface area contributed by atoms with E-state index in [1.807, 2.05) is 0 Å². The molecule has 0 unspecified atom stereocenters. The molecular formula is C17H28N2O3. The van der Waals surface area contributed by atoms with Gasteiger partial charge in [0.25, 0.3) is 0 Å². The largest absolute Gasteiger partial charge is 0.467 e. The maximum Gasteiger partial charge on any atom is 0.220 e. The van der Waals surface area contributed by atoms with Gasteiger partial charge in [0.1, 0.15) is 5.76 Å². The molecule has 0 spiro atoms. The van der Waals surface area contributed by atoms with Crippen LogP contribution in [0.15, 0.2) is 22.8 Å². The number of unbranched alkanes of at least 4 members (excludes halogenated alkanes) is 1. The quantitative estimate of drug-likeness (QED) is 0.660. The van der Waals surface area contributed by atoms with Gasteiger partial charge in [0.05, 0.1) is 12.8 Å². The Kier molecular flexibility index (Phi) is 9.03. The summed E-state index contributed by atoms with van der Waals surface area (Å²) in [4.78, 5) is 23.4. The molecule has 1 atom stereocenters. The molecule has 1 aromatic rings. The molecule has 0 aliphatic heterocycles. The topological polar surface area (TPSA) is 71.3 Å². The highest BCUT2D eigenvalue weighted by atomic mass is 16.3. The lowest BCUT2D eigenvalue weighted by atomic mass is 9.99. The molecule has 5 nitrogen and oxygen atoms in total. The van der Waals surface area contributed by atoms with Gasteiger partial charge in [0.2, 0.25) is 11.8 Å². The van der Waals surface area contributed by atoms with Crippen LogP contribution in [0.3, 0.4) is 0 Å². The third-order valence-corrected chi connectivity index (χ3v) is 3.75. The van der Waals surface area contributed by atoms with Crippen LogP contribution in [-0.4, -0.2) is 18.4 Å². The number of hydrogen-bond acceptors (Lipinski definition) is 3. The van der Waals surface area contributed by atoms with Crippen molar-refractivity contribution in [3.8, 4) is 0 Å². The molecule has 1 heterocycles. The maximum atomic E-state index is 11.8. The van der Waals surface area contributed by atoms with Crippen LogP contribution in [0.5, 0.6) is 0 Å². The monoisotopic (exact) mass is 308 g/mol. The van der Waals surface area contributed by atoms with Crippen LogP contribution in [0.2, 0.25) is 0 Å². The zero-order valence-electron chi connectivity index (χ0n) is 13.7. The highest BCUT2D eigenvalue weighted by Crippen LogP contribution is 2.11. The summed E-state index contributed by atoms with van der Waals surface area (Å²) in [5, 5.41) is 5.66. The lowest BCUT2D eigenvalue weighted by Crippen LogP contribution is -2.31. The van der Waals surface area contributed by atoms with Crippen molar-refractivity contribution in [1.29, 1.82) is 0 Å². The molecular weight excluding hydrogens is 280 g/mol. The van der Waals surface area contributed by atoms with Gasteiger partial charge in [-0.1, -0.05) is 33.1 Å². The standard InChI is InChI=1S/C17H28N2O3/c1-3-5-7-14(4-2)12-18-16(20)9-10-17(21)19-13-15-8-6-11-22-15/h6,8,11,14H,3-5,7,9-10,12-13H2,1-2H3,(H,18,20)(H,19,21)/t14-/m1/s1. The number of carbonyl (C=O) groups excluding carboxylic acids is 2. The Balaban J connectivity index is 2.12. The molecule has 0 aliphatic carbocycles. The fourth-order valence-corrected chi connectivity index (χ4v) is 2.20. The summed E-state index contributed by atoms with van der Waals surface area (Å²) in [6.07, 6.45) is 6.61. The van der Waals surface area contributed by atoms with E-state index < -0.39 is 0 Å². The van der Waals surface area contributed by atoms with Gasteiger partial charge in [0, 0.05) is 19.4 Å². The van der Waals surface area contributed by atoms with Crippen molar-refractivity contribution in [3.63, 3.8) is 0 Å². The van der Waals surface area contributed by atoms with Gasteiger partial charge in [-0.05, 0) is 24.5 Å². The smallest absolute Gasteiger partial charge is 0.220 e. The van der Waals surface area contributed by atoms with E-state index >= 15 is 0 Å². The first kappa shape index (κ1) is 18.3. The first-order valence-corrected chi connectivity index (χ1v) is 8.21. The normalized spacial score (nSPS) is 11.9. The van der Waals surface area contributed by atoms with Gasteiger partial charge in [-0.15, -0.1) is 0 Å². The summed E-state index contributed by atoms with van der Waals surface area (Å²) < 4.78 is 5.12. The zero-order chi connectivity index (χ0) is 16.2. The van der Waals surface area contributed by atoms with Crippen molar-refractivity contribution in [2.75, 3.05) is 6.54 Å². The predicted molar refractivity (Wildman–Crippen MR) is 86.1 cm³/mol. The molecule has 22 heavy (non-hydrogen) atoms. The van der Waals surface area contributed by atoms with E-state index in [-0.39, 0.29) is 24.7 Å². The van der Waals surface area contributed by atoms with Crippen LogP contribution in [0.25, 0.3) is 0 Å². The molecule has 0 aromatic carbocycles. The molecule has 0 saturated carbocycles. The minimum atomic E-state index is -0.135. The van der Waals surface area contributed by atoms with Gasteiger partial charge in [-0.25, -0.2) is 0 Å². The Labute approximate surface area is 132 Å². The second-order valence-electron chi connectivity index (χ2n) is 5.58. The Bertz CT molecular complexity index is 429. The number of furan rings is 1. The first-order valence-electron chi connectivity index (χ1n) is 8.21. The van der Waals surface area contributed by atoms with E-state index in [0.717, 1.165) is 12.8 Å². The highest BCUT2D eigenvalue weighted by molar-refractivity contribution is 5.83. The SMILES string of the molecule is CCCC[C@@H](CC)CNC(=O)CCC(=O)NCc1ccco1. The third kappa shape index (κ3) is 7.86. The molecule has 1 aromatic heterocycles. The second-order valence-corrected chi connectivity index (χ2v) is 5.58. The average molecular weight is 308 g/mol. The lowest BCUT2D eigenvalue weighted by molar-refractivity contribution is -0.126. The Hall–Kier alpha value is -1.78. The summed E-state index contributed by atoms with van der Waals surface area (Å²) in [6, 6.07) is 3.58. The molecule has 1 rings (SSSR count). The van der Waals surface area contributed by atoms with E-state index in [4.69, 9.17) is 4.42 Å². The Morgan fingerprint density at radius 1 is 1.18 bits per heavy atom. The third-order valence-electron chi connectivity index (χ3n) is 3.75. The van der Waals surface area contributed by atoms with Gasteiger partial charge in [0.15, 0.2) is 0 Å². The molecule has 2 amide bonds. The highest BCUT2D eigenvalue weighted by Gasteiger charge is 2.10. The van der Waals surface area contributed by atoms with Crippen LogP contribution < -0.4 is 10.6 Å². The molecule has 5 heteroatoms. The van der Waals surface area contributed by atoms with Crippen LogP contribution >= 0.6 is 0 Å². The van der Waals surface area contributed by atoms with E-state index in [9.17, 15) is 9.59 Å². The summed E-state index contributed by atoms with van der Waals surface area (Å²) in [5.74, 6) is 1.06. The zero-order valence-corrected chi connectivity index (χ0v) is 13.7. The Morgan fingerprint density at radius 3 is 2.50 bits per heavy atom. The number of nitrogens with one attached hydrogen (secondary N) is 2. The van der Waals surface area contributed by atoms with Crippen molar-refractivity contribution in [3.05, 3.63) is 24.2 Å². The number of hydrogen-bond donors (Lipinski definition) is 2. The second kappa shape index (κ2) is 10.9.